The van der Waals surface area contributed by atoms with E-state index in [2.05, 4.69) is 176 Å². The van der Waals surface area contributed by atoms with Crippen molar-refractivity contribution in [3.63, 3.8) is 0 Å². The number of aryl methyl sites for hydroxylation is 2. The molecule has 286 valence electrons. The molecule has 2 aliphatic rings. The smallest absolute Gasteiger partial charge is 0.268 e. The molecular weight excluding hydrogens is 711 g/mol. The maximum absolute atomic E-state index is 8.09. The molecule has 0 radical (unpaired) electrons. The van der Waals surface area contributed by atoms with Gasteiger partial charge in [-0.2, -0.15) is 0 Å². The van der Waals surface area contributed by atoms with Crippen molar-refractivity contribution in [1.29, 1.82) is 0 Å². The Balaban J connectivity index is 1.37. The first-order valence-corrected chi connectivity index (χ1v) is 20.9. The predicted octanol–water partition coefficient (Wildman–Crippen LogP) is 13.3. The molecule has 0 aliphatic carbocycles. The van der Waals surface area contributed by atoms with E-state index in [1.54, 1.807) is 12.1 Å². The second-order valence-corrected chi connectivity index (χ2v) is 20.1. The normalized spacial score (nSPS) is 14.6. The van der Waals surface area contributed by atoms with E-state index in [0.29, 0.717) is 5.56 Å². The van der Waals surface area contributed by atoms with Crippen LogP contribution in [0.2, 0.25) is 0 Å². The third kappa shape index (κ3) is 6.45. The molecule has 57 heavy (non-hydrogen) atoms. The Labute approximate surface area is 348 Å². The molecule has 0 N–H and O–H groups in total. The Hall–Kier alpha value is -5.26. The maximum atomic E-state index is 8.09. The van der Waals surface area contributed by atoms with Crippen LogP contribution in [0.25, 0.3) is 10.1 Å². The minimum Gasteiger partial charge on any atom is -0.458 e. The molecule has 1 aromatic heterocycles. The summed E-state index contributed by atoms with van der Waals surface area (Å²) in [5, 5.41) is 1.25. The van der Waals surface area contributed by atoms with E-state index in [0.717, 1.165) is 51.0 Å². The van der Waals surface area contributed by atoms with E-state index in [9.17, 15) is 0 Å². The van der Waals surface area contributed by atoms with Gasteiger partial charge in [-0.15, -0.1) is 11.3 Å². The topological polar surface area (TPSA) is 15.7 Å². The molecule has 9 rings (SSSR count). The number of rotatable bonds is 4. The molecular formula is C52H53BN2OS. The standard InChI is InChI=1S/C52H53BN2OS/c1-32-12-20-37(21-13-32)54(38-22-14-33(2)15-23-38)40-30-43-47-45(31-40)56-44-26-18-36(52(9,10)11)29-42(44)53(47)49-48(41-28-35(51(6,7)8)19-27-46(41)57-49)55(43)39-24-16-34(17-25-39)50(3,4)5/h12-31H,1-11H3/i1D3. The minimum absolute atomic E-state index is 0.00158. The Bertz CT molecular complexity index is 2790. The number of anilines is 6. The third-order valence-electron chi connectivity index (χ3n) is 11.7. The van der Waals surface area contributed by atoms with Crippen LogP contribution < -0.4 is 30.2 Å². The number of thiophene rings is 1. The van der Waals surface area contributed by atoms with Gasteiger partial charge < -0.3 is 14.5 Å². The Morgan fingerprint density at radius 1 is 0.596 bits per heavy atom. The molecule has 0 saturated heterocycles. The zero-order valence-electron chi connectivity index (χ0n) is 37.8. The highest BCUT2D eigenvalue weighted by Gasteiger charge is 2.45. The number of hydrogen-bond acceptors (Lipinski definition) is 4. The van der Waals surface area contributed by atoms with Gasteiger partial charge in [0.2, 0.25) is 0 Å². The van der Waals surface area contributed by atoms with E-state index in [4.69, 9.17) is 8.85 Å². The number of hydrogen-bond donors (Lipinski definition) is 0. The molecule has 6 aromatic carbocycles. The van der Waals surface area contributed by atoms with Gasteiger partial charge in [-0.25, -0.2) is 0 Å². The highest BCUT2D eigenvalue weighted by atomic mass is 32.1. The average molecular weight is 768 g/mol. The maximum Gasteiger partial charge on any atom is 0.268 e. The van der Waals surface area contributed by atoms with Crippen LogP contribution in [-0.2, 0) is 16.2 Å². The van der Waals surface area contributed by atoms with Gasteiger partial charge >= 0.3 is 0 Å². The molecule has 3 heterocycles. The lowest BCUT2D eigenvalue weighted by atomic mass is 9.36. The quantitative estimate of drug-likeness (QED) is 0.166. The zero-order chi connectivity index (χ0) is 42.7. The Morgan fingerprint density at radius 3 is 1.79 bits per heavy atom. The molecule has 0 spiro atoms. The summed E-state index contributed by atoms with van der Waals surface area (Å²) in [4.78, 5) is 4.70. The molecule has 0 unspecified atom stereocenters. The zero-order valence-corrected chi connectivity index (χ0v) is 35.7. The minimum atomic E-state index is -2.21. The number of benzene rings is 6. The molecule has 0 amide bonds. The molecule has 7 aromatic rings. The molecule has 0 saturated carbocycles. The summed E-state index contributed by atoms with van der Waals surface area (Å²) in [6, 6.07) is 43.2. The fraction of sp³-hybridized carbons (Fsp3) is 0.269. The van der Waals surface area contributed by atoms with Crippen molar-refractivity contribution in [2.45, 2.75) is 92.3 Å². The van der Waals surface area contributed by atoms with Gasteiger partial charge in [0.05, 0.1) is 11.4 Å². The summed E-state index contributed by atoms with van der Waals surface area (Å²) < 4.78 is 34.0. The van der Waals surface area contributed by atoms with Crippen LogP contribution in [-0.4, -0.2) is 6.71 Å². The summed E-state index contributed by atoms with van der Waals surface area (Å²) in [6.45, 7) is 20.3. The van der Waals surface area contributed by atoms with E-state index in [-0.39, 0.29) is 23.0 Å². The van der Waals surface area contributed by atoms with Crippen molar-refractivity contribution in [1.82, 2.24) is 0 Å². The van der Waals surface area contributed by atoms with Crippen molar-refractivity contribution >= 4 is 78.0 Å². The molecule has 2 aliphatic heterocycles. The van der Waals surface area contributed by atoms with Crippen molar-refractivity contribution < 1.29 is 8.85 Å². The van der Waals surface area contributed by atoms with Gasteiger partial charge in [0, 0.05) is 47.8 Å². The lowest BCUT2D eigenvalue weighted by Gasteiger charge is -2.40. The average Bonchev–Trinajstić information content (AvgIpc) is 3.56. The first kappa shape index (κ1) is 33.8. The first-order valence-electron chi connectivity index (χ1n) is 21.6. The van der Waals surface area contributed by atoms with Crippen molar-refractivity contribution in [3.05, 3.63) is 149 Å². The summed E-state index contributed by atoms with van der Waals surface area (Å²) in [7, 11) is 0. The van der Waals surface area contributed by atoms with E-state index in [1.807, 2.05) is 23.5 Å². The molecule has 5 heteroatoms. The monoisotopic (exact) mass is 767 g/mol. The number of fused-ring (bicyclic) bond motifs is 6. The molecule has 3 nitrogen and oxygen atoms in total. The predicted molar refractivity (Wildman–Crippen MR) is 248 cm³/mol. The second kappa shape index (κ2) is 13.1. The highest BCUT2D eigenvalue weighted by Crippen LogP contribution is 2.49. The van der Waals surface area contributed by atoms with Crippen LogP contribution in [0.15, 0.2) is 121 Å². The van der Waals surface area contributed by atoms with Gasteiger partial charge in [0.15, 0.2) is 0 Å². The van der Waals surface area contributed by atoms with Crippen molar-refractivity contribution in [3.8, 4) is 11.5 Å². The van der Waals surface area contributed by atoms with Crippen LogP contribution >= 0.6 is 11.3 Å². The van der Waals surface area contributed by atoms with Crippen LogP contribution in [0.5, 0.6) is 11.5 Å². The molecule has 0 bridgehead atoms. The van der Waals surface area contributed by atoms with Gasteiger partial charge in [-0.1, -0.05) is 128 Å². The van der Waals surface area contributed by atoms with E-state index in [1.165, 1.54) is 42.7 Å². The van der Waals surface area contributed by atoms with E-state index >= 15 is 0 Å². The summed E-state index contributed by atoms with van der Waals surface area (Å²) in [5.41, 5.74) is 13.7. The fourth-order valence-corrected chi connectivity index (χ4v) is 9.71. The van der Waals surface area contributed by atoms with Gasteiger partial charge in [-0.3, -0.25) is 0 Å². The van der Waals surface area contributed by atoms with Crippen molar-refractivity contribution in [2.75, 3.05) is 9.80 Å². The van der Waals surface area contributed by atoms with Crippen LogP contribution in [0.1, 0.15) is 94.2 Å². The fourth-order valence-electron chi connectivity index (χ4n) is 8.41. The van der Waals surface area contributed by atoms with Crippen LogP contribution in [0.3, 0.4) is 0 Å². The van der Waals surface area contributed by atoms with Gasteiger partial charge in [0.1, 0.15) is 11.5 Å². The first-order chi connectivity index (χ1) is 28.2. The lowest BCUT2D eigenvalue weighted by molar-refractivity contribution is 0.486. The number of ether oxygens (including phenoxy) is 1. The largest absolute Gasteiger partial charge is 0.458 e. The third-order valence-corrected chi connectivity index (χ3v) is 13.0. The van der Waals surface area contributed by atoms with Crippen LogP contribution in [0.4, 0.5) is 34.1 Å². The SMILES string of the molecule is [2H]C([2H])([2H])c1ccc(N(c2ccc(C)cc2)c2cc3c4c(c2)N(c2ccc(C(C)(C)C)cc2)c2c(sc5ccc(C(C)(C)C)cc25)B4c2cc(C(C)(C)C)ccc2O3)cc1. The lowest BCUT2D eigenvalue weighted by Crippen LogP contribution is -2.58. The Morgan fingerprint density at radius 2 is 1.18 bits per heavy atom. The van der Waals surface area contributed by atoms with Crippen molar-refractivity contribution in [2.24, 2.45) is 0 Å². The Kier molecular flexibility index (Phi) is 7.80. The van der Waals surface area contributed by atoms with E-state index < -0.39 is 6.85 Å². The summed E-state index contributed by atoms with van der Waals surface area (Å²) in [5.74, 6) is 1.68. The second-order valence-electron chi connectivity index (χ2n) is 19.0. The molecule has 0 atom stereocenters. The van der Waals surface area contributed by atoms with Crippen LogP contribution in [0, 0.1) is 13.8 Å². The summed E-state index contributed by atoms with van der Waals surface area (Å²) in [6.07, 6.45) is 0. The molecule has 0 fully saturated rings. The van der Waals surface area contributed by atoms with Gasteiger partial charge in [0.25, 0.3) is 6.71 Å². The summed E-state index contributed by atoms with van der Waals surface area (Å²) >= 11 is 1.90. The van der Waals surface area contributed by atoms with Gasteiger partial charge in [-0.05, 0) is 118 Å². The highest BCUT2D eigenvalue weighted by molar-refractivity contribution is 7.33. The number of nitrogens with zero attached hydrogens (tertiary/aromatic N) is 2.